The van der Waals surface area contributed by atoms with E-state index >= 15 is 0 Å². The predicted octanol–water partition coefficient (Wildman–Crippen LogP) is 4.51. The number of hydrogen-bond donors (Lipinski definition) is 2. The summed E-state index contributed by atoms with van der Waals surface area (Å²) in [6.07, 6.45) is 8.52. The number of aromatic nitrogens is 3. The average Bonchev–Trinajstić information content (AvgIpc) is 3.25. The van der Waals surface area contributed by atoms with Gasteiger partial charge >= 0.3 is 0 Å². The maximum Gasteiger partial charge on any atom is 0.123 e. The summed E-state index contributed by atoms with van der Waals surface area (Å²) in [5.41, 5.74) is 12.4. The molecule has 0 spiro atoms. The van der Waals surface area contributed by atoms with Crippen molar-refractivity contribution in [1.82, 2.24) is 19.4 Å². The van der Waals surface area contributed by atoms with E-state index in [2.05, 4.69) is 49.9 Å². The normalized spacial score (nSPS) is 14.7. The maximum absolute atomic E-state index is 9.79. The van der Waals surface area contributed by atoms with Gasteiger partial charge in [0.2, 0.25) is 0 Å². The van der Waals surface area contributed by atoms with Gasteiger partial charge in [-0.05, 0) is 73.2 Å². The minimum Gasteiger partial charge on any atom is -0.384 e. The first kappa shape index (κ1) is 22.9. The van der Waals surface area contributed by atoms with Crippen LogP contribution in [0.2, 0.25) is 0 Å². The van der Waals surface area contributed by atoms with Crippen LogP contribution in [0.1, 0.15) is 35.2 Å². The third-order valence-corrected chi connectivity index (χ3v) is 7.09. The molecule has 3 N–H and O–H groups in total. The molecule has 4 aromatic rings. The van der Waals surface area contributed by atoms with Crippen molar-refractivity contribution in [2.75, 3.05) is 24.1 Å². The Kier molecular flexibility index (Phi) is 6.64. The van der Waals surface area contributed by atoms with E-state index in [9.17, 15) is 5.26 Å². The Morgan fingerprint density at radius 1 is 1.11 bits per heavy atom. The maximum atomic E-state index is 9.79. The molecule has 0 saturated carbocycles. The van der Waals surface area contributed by atoms with Crippen LogP contribution in [0.15, 0.2) is 61.1 Å². The molecule has 1 aliphatic heterocycles. The molecule has 7 heteroatoms. The predicted molar refractivity (Wildman–Crippen MR) is 140 cm³/mol. The van der Waals surface area contributed by atoms with Gasteiger partial charge in [-0.2, -0.15) is 5.26 Å². The van der Waals surface area contributed by atoms with Crippen LogP contribution in [0.25, 0.3) is 10.9 Å². The third kappa shape index (κ3) is 5.13. The van der Waals surface area contributed by atoms with Crippen molar-refractivity contribution < 1.29 is 0 Å². The van der Waals surface area contributed by atoms with Gasteiger partial charge in [0.25, 0.3) is 0 Å². The molecule has 0 radical (unpaired) electrons. The Labute approximate surface area is 206 Å². The lowest BCUT2D eigenvalue weighted by molar-refractivity contribution is 0.211. The lowest BCUT2D eigenvalue weighted by atomic mass is 10.0. The highest BCUT2D eigenvalue weighted by Crippen LogP contribution is 2.28. The molecule has 0 atom stereocenters. The minimum absolute atomic E-state index is 0.501. The third-order valence-electron chi connectivity index (χ3n) is 7.09. The van der Waals surface area contributed by atoms with Crippen molar-refractivity contribution in [2.24, 2.45) is 0 Å². The molecule has 1 aliphatic rings. The monoisotopic (exact) mass is 465 g/mol. The Morgan fingerprint density at radius 2 is 1.91 bits per heavy atom. The molecule has 1 saturated heterocycles. The molecule has 3 aromatic heterocycles. The average molecular weight is 466 g/mol. The minimum atomic E-state index is 0.501. The van der Waals surface area contributed by atoms with Crippen molar-refractivity contribution in [3.05, 3.63) is 83.4 Å². The number of anilines is 2. The summed E-state index contributed by atoms with van der Waals surface area (Å²) in [7, 11) is 0. The first-order chi connectivity index (χ1) is 17.1. The van der Waals surface area contributed by atoms with Crippen LogP contribution in [0.5, 0.6) is 0 Å². The molecule has 0 unspecified atom stereocenters. The smallest absolute Gasteiger partial charge is 0.123 e. The number of nitrogens with two attached hydrogens (primary N) is 1. The SMILES string of the molecule is Cc1c(CN2CCC(Nc3ccncc3)CC2)ccc2c1cc(C#N)n2CCc1ccc(N)nc1. The van der Waals surface area contributed by atoms with Gasteiger partial charge in [-0.15, -0.1) is 0 Å². The second kappa shape index (κ2) is 10.2. The van der Waals surface area contributed by atoms with E-state index in [1.807, 2.05) is 48.9 Å². The van der Waals surface area contributed by atoms with E-state index in [-0.39, 0.29) is 0 Å². The largest absolute Gasteiger partial charge is 0.384 e. The number of benzene rings is 1. The summed E-state index contributed by atoms with van der Waals surface area (Å²) in [6.45, 7) is 5.99. The van der Waals surface area contributed by atoms with Crippen molar-refractivity contribution >= 4 is 22.4 Å². The van der Waals surface area contributed by atoms with Crippen LogP contribution in [-0.2, 0) is 19.5 Å². The summed E-state index contributed by atoms with van der Waals surface area (Å²) in [5, 5.41) is 14.6. The van der Waals surface area contributed by atoms with Crippen LogP contribution in [0.3, 0.4) is 0 Å². The van der Waals surface area contributed by atoms with Crippen LogP contribution in [-0.4, -0.2) is 38.6 Å². The van der Waals surface area contributed by atoms with Gasteiger partial charge < -0.3 is 15.6 Å². The summed E-state index contributed by atoms with van der Waals surface area (Å²) >= 11 is 0. The summed E-state index contributed by atoms with van der Waals surface area (Å²) in [5.74, 6) is 0.523. The van der Waals surface area contributed by atoms with Crippen LogP contribution < -0.4 is 11.1 Å². The standard InChI is InChI=1S/C28H31N7/c1-20-22(19-34-13-9-24(10-14-34)33-23-6-11-31-12-7-23)3-4-27-26(20)16-25(17-29)35(27)15-8-21-2-5-28(30)32-18-21/h2-7,11-12,16,18,24H,8-10,13-15,19H2,1H3,(H2,30,32)(H,31,33). The molecule has 1 fully saturated rings. The molecule has 0 amide bonds. The van der Waals surface area contributed by atoms with Crippen molar-refractivity contribution in [3.63, 3.8) is 0 Å². The van der Waals surface area contributed by atoms with Gasteiger partial charge in [-0.3, -0.25) is 9.88 Å². The van der Waals surface area contributed by atoms with Crippen LogP contribution in [0, 0.1) is 18.3 Å². The van der Waals surface area contributed by atoms with E-state index in [1.54, 1.807) is 0 Å². The first-order valence-corrected chi connectivity index (χ1v) is 12.2. The Balaban J connectivity index is 1.26. The van der Waals surface area contributed by atoms with Gasteiger partial charge in [0.1, 0.15) is 17.6 Å². The highest BCUT2D eigenvalue weighted by atomic mass is 15.1. The number of pyridine rings is 2. The lowest BCUT2D eigenvalue weighted by Crippen LogP contribution is -2.38. The summed E-state index contributed by atoms with van der Waals surface area (Å²) < 4.78 is 2.12. The second-order valence-electron chi connectivity index (χ2n) is 9.35. The zero-order chi connectivity index (χ0) is 24.2. The van der Waals surface area contributed by atoms with Crippen LogP contribution >= 0.6 is 0 Å². The highest BCUT2D eigenvalue weighted by molar-refractivity contribution is 5.86. The summed E-state index contributed by atoms with van der Waals surface area (Å²) in [6, 6.07) is 17.2. The molecule has 7 nitrogen and oxygen atoms in total. The molecule has 1 aromatic carbocycles. The summed E-state index contributed by atoms with van der Waals surface area (Å²) in [4.78, 5) is 10.8. The fourth-order valence-electron chi connectivity index (χ4n) is 5.01. The molecular weight excluding hydrogens is 434 g/mol. The molecule has 0 bridgehead atoms. The number of fused-ring (bicyclic) bond motifs is 1. The Morgan fingerprint density at radius 3 is 2.63 bits per heavy atom. The number of rotatable bonds is 7. The lowest BCUT2D eigenvalue weighted by Gasteiger charge is -2.33. The topological polar surface area (TPSA) is 95.8 Å². The second-order valence-corrected chi connectivity index (χ2v) is 9.35. The van der Waals surface area contributed by atoms with E-state index in [0.717, 1.165) is 62.2 Å². The van der Waals surface area contributed by atoms with Crippen molar-refractivity contribution in [1.29, 1.82) is 5.26 Å². The van der Waals surface area contributed by atoms with Crippen molar-refractivity contribution in [3.8, 4) is 6.07 Å². The quantitative estimate of drug-likeness (QED) is 0.417. The zero-order valence-corrected chi connectivity index (χ0v) is 20.1. The Hall–Kier alpha value is -3.89. The number of piperidine rings is 1. The van der Waals surface area contributed by atoms with E-state index in [1.165, 1.54) is 16.5 Å². The molecule has 4 heterocycles. The number of hydrogen-bond acceptors (Lipinski definition) is 6. The molecule has 178 valence electrons. The van der Waals surface area contributed by atoms with E-state index in [4.69, 9.17) is 5.73 Å². The highest BCUT2D eigenvalue weighted by Gasteiger charge is 2.20. The van der Waals surface area contributed by atoms with E-state index in [0.29, 0.717) is 17.6 Å². The van der Waals surface area contributed by atoms with Gasteiger partial charge in [0, 0.05) is 67.4 Å². The number of likely N-dealkylation sites (tertiary alicyclic amines) is 1. The number of nitriles is 1. The Bertz CT molecular complexity index is 1330. The molecule has 5 rings (SSSR count). The number of nitrogen functional groups attached to an aromatic ring is 1. The number of nitrogens with one attached hydrogen (secondary N) is 1. The van der Waals surface area contributed by atoms with Gasteiger partial charge in [-0.25, -0.2) is 4.98 Å². The van der Waals surface area contributed by atoms with Crippen LogP contribution in [0.4, 0.5) is 11.5 Å². The fourth-order valence-corrected chi connectivity index (χ4v) is 5.01. The molecule has 0 aliphatic carbocycles. The fraction of sp³-hybridized carbons (Fsp3) is 0.321. The molecule has 35 heavy (non-hydrogen) atoms. The van der Waals surface area contributed by atoms with Gasteiger partial charge in [0.05, 0.1) is 0 Å². The number of aryl methyl sites for hydroxylation is 3. The van der Waals surface area contributed by atoms with E-state index < -0.39 is 0 Å². The van der Waals surface area contributed by atoms with Crippen molar-refractivity contribution in [2.45, 2.75) is 45.3 Å². The number of nitrogens with zero attached hydrogens (tertiary/aromatic N) is 5. The van der Waals surface area contributed by atoms with Gasteiger partial charge in [0.15, 0.2) is 0 Å². The van der Waals surface area contributed by atoms with Gasteiger partial charge in [-0.1, -0.05) is 12.1 Å². The molecular formula is C28H31N7. The first-order valence-electron chi connectivity index (χ1n) is 12.2. The zero-order valence-electron chi connectivity index (χ0n) is 20.1.